The first kappa shape index (κ1) is 10.6. The van der Waals surface area contributed by atoms with Crippen LogP contribution in [0.5, 0.6) is 0 Å². The highest BCUT2D eigenvalue weighted by molar-refractivity contribution is 9.10. The minimum Gasteiger partial charge on any atom is -0.219 e. The van der Waals surface area contributed by atoms with Gasteiger partial charge in [-0.2, -0.15) is 5.10 Å². The molecule has 2 rings (SSSR count). The maximum absolute atomic E-state index is 4.37. The maximum Gasteiger partial charge on any atom is 0.209 e. The van der Waals surface area contributed by atoms with Crippen LogP contribution in [0, 0.1) is 0 Å². The number of hydrogen-bond acceptors (Lipinski definition) is 4. The van der Waals surface area contributed by atoms with E-state index in [0.29, 0.717) is 5.16 Å². The molecule has 0 fully saturated rings. The molecule has 1 heterocycles. The van der Waals surface area contributed by atoms with Crippen molar-refractivity contribution in [1.82, 2.24) is 15.2 Å². The summed E-state index contributed by atoms with van der Waals surface area (Å²) in [4.78, 5) is 4.37. The van der Waals surface area contributed by atoms with Gasteiger partial charge in [-0.15, -0.1) is 5.10 Å². The van der Waals surface area contributed by atoms with Gasteiger partial charge in [0.15, 0.2) is 0 Å². The van der Waals surface area contributed by atoms with E-state index in [9.17, 15) is 0 Å². The molecule has 76 valence electrons. The number of hydrogen-bond donors (Lipinski definition) is 0. The predicted octanol–water partition coefficient (Wildman–Crippen LogP) is 3.02. The zero-order chi connectivity index (χ0) is 10.7. The van der Waals surface area contributed by atoms with Gasteiger partial charge in [-0.3, -0.25) is 0 Å². The second-order valence-corrected chi connectivity index (χ2v) is 4.52. The Morgan fingerprint density at radius 3 is 2.60 bits per heavy atom. The van der Waals surface area contributed by atoms with E-state index in [1.807, 2.05) is 30.5 Å². The molecule has 0 unspecified atom stereocenters. The summed E-state index contributed by atoms with van der Waals surface area (Å²) >= 11 is 4.88. The maximum atomic E-state index is 4.37. The van der Waals surface area contributed by atoms with Crippen molar-refractivity contribution in [3.8, 4) is 11.3 Å². The zero-order valence-electron chi connectivity index (χ0n) is 8.01. The lowest BCUT2D eigenvalue weighted by Crippen LogP contribution is -1.92. The van der Waals surface area contributed by atoms with E-state index in [2.05, 4.69) is 31.1 Å². The van der Waals surface area contributed by atoms with E-state index in [1.54, 1.807) is 6.20 Å². The number of rotatable bonds is 2. The lowest BCUT2D eigenvalue weighted by molar-refractivity contribution is 0.846. The van der Waals surface area contributed by atoms with Crippen LogP contribution >= 0.6 is 27.7 Å². The van der Waals surface area contributed by atoms with Crippen LogP contribution in [0.3, 0.4) is 0 Å². The molecule has 0 N–H and O–H groups in total. The quantitative estimate of drug-likeness (QED) is 0.794. The van der Waals surface area contributed by atoms with Gasteiger partial charge in [0.25, 0.3) is 0 Å². The van der Waals surface area contributed by atoms with E-state index < -0.39 is 0 Å². The van der Waals surface area contributed by atoms with Crippen molar-refractivity contribution in [1.29, 1.82) is 0 Å². The minimum atomic E-state index is 0.690. The van der Waals surface area contributed by atoms with Crippen molar-refractivity contribution < 1.29 is 0 Å². The van der Waals surface area contributed by atoms with Crippen molar-refractivity contribution in [3.05, 3.63) is 34.9 Å². The topological polar surface area (TPSA) is 38.7 Å². The summed E-state index contributed by atoms with van der Waals surface area (Å²) in [6.07, 6.45) is 3.60. The fraction of sp³-hybridized carbons (Fsp3) is 0.100. The number of nitrogens with zero attached hydrogens (tertiary/aromatic N) is 3. The molecule has 1 aromatic carbocycles. The summed E-state index contributed by atoms with van der Waals surface area (Å²) in [5.41, 5.74) is 1.89. The lowest BCUT2D eigenvalue weighted by Gasteiger charge is -2.00. The molecule has 0 aliphatic heterocycles. The molecule has 0 saturated carbocycles. The highest BCUT2D eigenvalue weighted by Crippen LogP contribution is 2.20. The molecule has 5 heteroatoms. The van der Waals surface area contributed by atoms with Crippen LogP contribution in [-0.4, -0.2) is 21.4 Å². The van der Waals surface area contributed by atoms with Crippen LogP contribution in [0.15, 0.2) is 40.1 Å². The van der Waals surface area contributed by atoms with Crippen LogP contribution < -0.4 is 0 Å². The molecule has 0 saturated heterocycles. The molecule has 0 aliphatic carbocycles. The Labute approximate surface area is 100 Å². The molecule has 1 aromatic heterocycles. The van der Waals surface area contributed by atoms with Gasteiger partial charge in [0.05, 0.1) is 11.9 Å². The van der Waals surface area contributed by atoms with Crippen molar-refractivity contribution in [2.24, 2.45) is 0 Å². The second-order valence-electron chi connectivity index (χ2n) is 2.84. The smallest absolute Gasteiger partial charge is 0.209 e. The standard InChI is InChI=1S/C10H8BrN3S/c1-15-10-13-9(6-12-14-10)7-2-4-8(11)5-3-7/h2-6H,1H3. The van der Waals surface area contributed by atoms with Crippen molar-refractivity contribution in [3.63, 3.8) is 0 Å². The van der Waals surface area contributed by atoms with Crippen molar-refractivity contribution >= 4 is 27.7 Å². The summed E-state index contributed by atoms with van der Waals surface area (Å²) in [5, 5.41) is 8.49. The summed E-state index contributed by atoms with van der Waals surface area (Å²) in [6, 6.07) is 7.96. The Kier molecular flexibility index (Phi) is 3.33. The third kappa shape index (κ3) is 2.54. The second kappa shape index (κ2) is 4.72. The Bertz CT molecular complexity index is 458. The van der Waals surface area contributed by atoms with Crippen molar-refractivity contribution in [2.75, 3.05) is 6.26 Å². The lowest BCUT2D eigenvalue weighted by atomic mass is 10.2. The highest BCUT2D eigenvalue weighted by atomic mass is 79.9. The zero-order valence-corrected chi connectivity index (χ0v) is 10.4. The normalized spacial score (nSPS) is 10.3. The molecule has 0 bridgehead atoms. The molecule has 0 spiro atoms. The summed E-state index contributed by atoms with van der Waals surface area (Å²) < 4.78 is 1.05. The Morgan fingerprint density at radius 1 is 1.20 bits per heavy atom. The Balaban J connectivity index is 2.40. The average molecular weight is 282 g/mol. The van der Waals surface area contributed by atoms with Gasteiger partial charge in [-0.1, -0.05) is 39.8 Å². The molecule has 15 heavy (non-hydrogen) atoms. The number of benzene rings is 1. The molecule has 3 nitrogen and oxygen atoms in total. The highest BCUT2D eigenvalue weighted by Gasteiger charge is 2.01. The fourth-order valence-electron chi connectivity index (χ4n) is 1.13. The van der Waals surface area contributed by atoms with Crippen molar-refractivity contribution in [2.45, 2.75) is 5.16 Å². The van der Waals surface area contributed by atoms with Gasteiger partial charge in [-0.05, 0) is 18.4 Å². The first-order chi connectivity index (χ1) is 7.29. The van der Waals surface area contributed by atoms with Crippen LogP contribution in [0.1, 0.15) is 0 Å². The predicted molar refractivity (Wildman–Crippen MR) is 64.7 cm³/mol. The fourth-order valence-corrected chi connectivity index (χ4v) is 1.72. The molecule has 0 radical (unpaired) electrons. The SMILES string of the molecule is CSc1nncc(-c2ccc(Br)cc2)n1. The Morgan fingerprint density at radius 2 is 1.93 bits per heavy atom. The van der Waals surface area contributed by atoms with E-state index >= 15 is 0 Å². The van der Waals surface area contributed by atoms with Gasteiger partial charge in [-0.25, -0.2) is 4.98 Å². The van der Waals surface area contributed by atoms with Gasteiger partial charge in [0.2, 0.25) is 5.16 Å². The summed E-state index contributed by atoms with van der Waals surface area (Å²) in [5.74, 6) is 0. The van der Waals surface area contributed by atoms with Crippen LogP contribution in [0.25, 0.3) is 11.3 Å². The molecule has 0 amide bonds. The van der Waals surface area contributed by atoms with Gasteiger partial charge in [0.1, 0.15) is 0 Å². The van der Waals surface area contributed by atoms with Crippen LogP contribution in [0.4, 0.5) is 0 Å². The first-order valence-electron chi connectivity index (χ1n) is 4.29. The number of halogens is 1. The molecule has 2 aromatic rings. The number of aromatic nitrogens is 3. The summed E-state index contributed by atoms with van der Waals surface area (Å²) in [6.45, 7) is 0. The largest absolute Gasteiger partial charge is 0.219 e. The third-order valence-corrected chi connectivity index (χ3v) is 2.93. The van der Waals surface area contributed by atoms with Gasteiger partial charge in [0, 0.05) is 10.0 Å². The monoisotopic (exact) mass is 281 g/mol. The molecular weight excluding hydrogens is 274 g/mol. The van der Waals surface area contributed by atoms with Crippen LogP contribution in [0.2, 0.25) is 0 Å². The Hall–Kier alpha value is -0.940. The van der Waals surface area contributed by atoms with E-state index in [-0.39, 0.29) is 0 Å². The van der Waals surface area contributed by atoms with Gasteiger partial charge >= 0.3 is 0 Å². The molecule has 0 aliphatic rings. The minimum absolute atomic E-state index is 0.690. The number of thioether (sulfide) groups is 1. The molecule has 0 atom stereocenters. The van der Waals surface area contributed by atoms with E-state index in [4.69, 9.17) is 0 Å². The summed E-state index contributed by atoms with van der Waals surface area (Å²) in [7, 11) is 0. The average Bonchev–Trinajstić information content (AvgIpc) is 2.30. The van der Waals surface area contributed by atoms with E-state index in [0.717, 1.165) is 15.7 Å². The van der Waals surface area contributed by atoms with Gasteiger partial charge < -0.3 is 0 Å². The first-order valence-corrected chi connectivity index (χ1v) is 6.31. The third-order valence-electron chi connectivity index (χ3n) is 1.86. The van der Waals surface area contributed by atoms with Crippen LogP contribution in [-0.2, 0) is 0 Å². The van der Waals surface area contributed by atoms with E-state index in [1.165, 1.54) is 11.8 Å². The molecular formula is C10H8BrN3S.